The second-order valence-corrected chi connectivity index (χ2v) is 13.9. The number of hydrogen-bond donors (Lipinski definition) is 1. The third kappa shape index (κ3) is 4.92. The molecule has 0 radical (unpaired) electrons. The first-order chi connectivity index (χ1) is 20.3. The summed E-state index contributed by atoms with van der Waals surface area (Å²) in [5, 5.41) is 6.50. The summed E-state index contributed by atoms with van der Waals surface area (Å²) in [6.07, 6.45) is -1.63. The molecule has 1 atom stereocenters. The van der Waals surface area contributed by atoms with E-state index < -0.39 is 45.0 Å². The van der Waals surface area contributed by atoms with Gasteiger partial charge in [0.25, 0.3) is 12.3 Å². The number of aryl methyl sites for hydroxylation is 1. The number of sulfonamides is 1. The van der Waals surface area contributed by atoms with E-state index in [1.54, 1.807) is 4.90 Å². The number of nitrogens with one attached hydrogen (secondary N) is 1. The predicted octanol–water partition coefficient (Wildman–Crippen LogP) is 1.35. The van der Waals surface area contributed by atoms with Crippen molar-refractivity contribution in [2.45, 2.75) is 48.3 Å². The van der Waals surface area contributed by atoms with E-state index in [1.807, 2.05) is 11.8 Å². The van der Waals surface area contributed by atoms with Crippen molar-refractivity contribution in [1.82, 2.24) is 29.0 Å². The second-order valence-electron chi connectivity index (χ2n) is 11.2. The molecule has 0 unspecified atom stereocenters. The highest BCUT2D eigenvalue weighted by atomic mass is 32.2. The summed E-state index contributed by atoms with van der Waals surface area (Å²) in [7, 11) is -1.37. The average molecular weight is 646 g/mol. The molecule has 2 aromatic heterocycles. The Labute approximate surface area is 248 Å². The number of carbonyl (C=O) groups is 1. The van der Waals surface area contributed by atoms with Gasteiger partial charge in [0.2, 0.25) is 15.2 Å². The molecular formula is C25H30F3N7O6S2. The molecule has 1 amide bonds. The molecule has 4 heterocycles. The lowest BCUT2D eigenvalue weighted by Gasteiger charge is -2.42. The van der Waals surface area contributed by atoms with Crippen LogP contribution in [0.2, 0.25) is 0 Å². The normalized spacial score (nSPS) is 21.4. The monoisotopic (exact) mass is 645 g/mol. The van der Waals surface area contributed by atoms with Crippen LogP contribution in [0.15, 0.2) is 21.8 Å². The summed E-state index contributed by atoms with van der Waals surface area (Å²) >= 11 is 0.508. The van der Waals surface area contributed by atoms with Crippen molar-refractivity contribution in [1.29, 1.82) is 0 Å². The molecule has 3 fully saturated rings. The molecule has 43 heavy (non-hydrogen) atoms. The second kappa shape index (κ2) is 10.5. The number of benzene rings is 1. The lowest BCUT2D eigenvalue weighted by molar-refractivity contribution is -0.147. The first-order valence-electron chi connectivity index (χ1n) is 13.5. The molecule has 2 aliphatic heterocycles. The van der Waals surface area contributed by atoms with Gasteiger partial charge in [0, 0.05) is 39.8 Å². The number of ether oxygens (including phenoxy) is 2. The minimum atomic E-state index is -4.36. The van der Waals surface area contributed by atoms with E-state index in [-0.39, 0.29) is 40.7 Å². The number of rotatable bonds is 9. The Kier molecular flexibility index (Phi) is 7.35. The number of halogens is 3. The minimum absolute atomic E-state index is 0.0870. The van der Waals surface area contributed by atoms with E-state index in [1.165, 1.54) is 30.9 Å². The van der Waals surface area contributed by atoms with Crippen LogP contribution in [0.1, 0.15) is 31.2 Å². The van der Waals surface area contributed by atoms with Gasteiger partial charge < -0.3 is 19.3 Å². The number of anilines is 1. The molecule has 3 aromatic rings. The minimum Gasteiger partial charge on any atom is -0.377 e. The van der Waals surface area contributed by atoms with Gasteiger partial charge in [-0.2, -0.15) is 4.72 Å². The van der Waals surface area contributed by atoms with Crippen LogP contribution in [0.25, 0.3) is 16.2 Å². The van der Waals surface area contributed by atoms with Crippen LogP contribution in [-0.4, -0.2) is 102 Å². The molecule has 234 valence electrons. The maximum Gasteiger partial charge on any atom is 0.335 e. The molecule has 1 N–H and O–H groups in total. The Morgan fingerprint density at radius 1 is 1.26 bits per heavy atom. The number of aromatic nitrogens is 4. The van der Waals surface area contributed by atoms with Crippen LogP contribution in [0, 0.1) is 0 Å². The first kappa shape index (κ1) is 30.0. The number of imidazole rings is 1. The van der Waals surface area contributed by atoms with Crippen LogP contribution >= 0.6 is 11.3 Å². The fourth-order valence-corrected chi connectivity index (χ4v) is 7.74. The van der Waals surface area contributed by atoms with Gasteiger partial charge in [-0.05, 0) is 31.9 Å². The van der Waals surface area contributed by atoms with E-state index in [4.69, 9.17) is 9.47 Å². The molecule has 18 heteroatoms. The predicted molar refractivity (Wildman–Crippen MR) is 149 cm³/mol. The number of fused-ring (bicyclic) bond motifs is 1. The Balaban J connectivity index is 1.47. The van der Waals surface area contributed by atoms with Crippen molar-refractivity contribution in [3.63, 3.8) is 0 Å². The summed E-state index contributed by atoms with van der Waals surface area (Å²) in [4.78, 5) is 30.1. The van der Waals surface area contributed by atoms with Crippen LogP contribution < -0.4 is 15.3 Å². The summed E-state index contributed by atoms with van der Waals surface area (Å²) in [5.41, 5.74) is -2.10. The zero-order chi connectivity index (χ0) is 30.9. The van der Waals surface area contributed by atoms with Crippen LogP contribution in [0.3, 0.4) is 0 Å². The number of carbonyl (C=O) groups excluding carboxylic acids is 1. The summed E-state index contributed by atoms with van der Waals surface area (Å²) in [6.45, 7) is 1.50. The zero-order valence-electron chi connectivity index (χ0n) is 23.5. The molecule has 0 spiro atoms. The van der Waals surface area contributed by atoms with Crippen LogP contribution in [0.4, 0.5) is 18.9 Å². The third-order valence-electron chi connectivity index (χ3n) is 8.29. The Morgan fingerprint density at radius 2 is 1.98 bits per heavy atom. The Bertz CT molecular complexity index is 1740. The van der Waals surface area contributed by atoms with Crippen LogP contribution in [0.5, 0.6) is 0 Å². The van der Waals surface area contributed by atoms with E-state index in [0.29, 0.717) is 55.0 Å². The number of piperazine rings is 1. The van der Waals surface area contributed by atoms with Crippen molar-refractivity contribution < 1.29 is 35.9 Å². The molecule has 2 saturated heterocycles. The number of methoxy groups -OCH3 is 1. The summed E-state index contributed by atoms with van der Waals surface area (Å²) in [6, 6.07) is 2.34. The fourth-order valence-electron chi connectivity index (χ4n) is 5.64. The molecule has 1 aliphatic carbocycles. The number of amides is 1. The lowest BCUT2D eigenvalue weighted by Crippen LogP contribution is -2.63. The Hall–Kier alpha value is -3.06. The summed E-state index contributed by atoms with van der Waals surface area (Å²) in [5.74, 6) is -0.100. The molecule has 1 saturated carbocycles. The number of alkyl halides is 3. The van der Waals surface area contributed by atoms with Gasteiger partial charge in [-0.1, -0.05) is 11.3 Å². The summed E-state index contributed by atoms with van der Waals surface area (Å²) < 4.78 is 83.0. The quantitative estimate of drug-likeness (QED) is 0.365. The van der Waals surface area contributed by atoms with Crippen molar-refractivity contribution in [3.8, 4) is 5.13 Å². The maximum absolute atomic E-state index is 13.9. The highest BCUT2D eigenvalue weighted by Crippen LogP contribution is 2.42. The van der Waals surface area contributed by atoms with Crippen molar-refractivity contribution in [3.05, 3.63) is 27.6 Å². The topological polar surface area (TPSA) is 141 Å². The third-order valence-corrected chi connectivity index (χ3v) is 10.8. The van der Waals surface area contributed by atoms with E-state index >= 15 is 0 Å². The maximum atomic E-state index is 13.9. The van der Waals surface area contributed by atoms with Crippen molar-refractivity contribution in [2.75, 3.05) is 51.5 Å². The lowest BCUT2D eigenvalue weighted by atomic mass is 10.0. The standard InChI is InChI=1S/C25H30F3N7O6S2/c1-14-10-33(6-7-34(14)21(36)25(40-3)4-5-25)16-8-15(43(38,39)31-24(11-26)12-41-13-24)9-17-18(16)32(2)23(37)35(17)22-30-29-20(42-22)19(27)28/h8-9,14,19,31H,4-7,10-13H2,1-3H3/t14-/m1/s1. The van der Waals surface area contributed by atoms with Crippen LogP contribution in [-0.2, 0) is 31.3 Å². The average Bonchev–Trinajstić information content (AvgIpc) is 3.54. The van der Waals surface area contributed by atoms with E-state index in [9.17, 15) is 31.2 Å². The molecular weight excluding hydrogens is 615 g/mol. The van der Waals surface area contributed by atoms with Crippen molar-refractivity contribution >= 4 is 44.0 Å². The first-order valence-corrected chi connectivity index (χ1v) is 15.8. The fraction of sp³-hybridized carbons (Fsp3) is 0.600. The molecule has 1 aromatic carbocycles. The zero-order valence-corrected chi connectivity index (χ0v) is 25.2. The largest absolute Gasteiger partial charge is 0.377 e. The van der Waals surface area contributed by atoms with E-state index in [0.717, 1.165) is 4.57 Å². The van der Waals surface area contributed by atoms with Gasteiger partial charge in [0.05, 0.1) is 34.8 Å². The van der Waals surface area contributed by atoms with Crippen molar-refractivity contribution in [2.24, 2.45) is 7.05 Å². The van der Waals surface area contributed by atoms with Gasteiger partial charge in [-0.15, -0.1) is 10.2 Å². The smallest absolute Gasteiger partial charge is 0.335 e. The number of nitrogens with zero attached hydrogens (tertiary/aromatic N) is 6. The molecule has 13 nitrogen and oxygen atoms in total. The van der Waals surface area contributed by atoms with Gasteiger partial charge in [-0.3, -0.25) is 9.36 Å². The Morgan fingerprint density at radius 3 is 2.51 bits per heavy atom. The molecule has 0 bridgehead atoms. The van der Waals surface area contributed by atoms with Gasteiger partial charge in [-0.25, -0.2) is 31.0 Å². The van der Waals surface area contributed by atoms with Gasteiger partial charge in [0.15, 0.2) is 5.01 Å². The van der Waals surface area contributed by atoms with E-state index in [2.05, 4.69) is 14.9 Å². The molecule has 6 rings (SSSR count). The highest BCUT2D eigenvalue weighted by Gasteiger charge is 2.53. The van der Waals surface area contributed by atoms with Gasteiger partial charge >= 0.3 is 5.69 Å². The van der Waals surface area contributed by atoms with Gasteiger partial charge in [0.1, 0.15) is 17.8 Å². The SMILES string of the molecule is COC1(C(=O)N2CCN(c3cc(S(=O)(=O)NC4(CF)COC4)cc4c3n(C)c(=O)n4-c3nnc(C(F)F)s3)C[C@H]2C)CC1. The molecule has 3 aliphatic rings. The highest BCUT2D eigenvalue weighted by molar-refractivity contribution is 7.89. The number of hydrogen-bond acceptors (Lipinski definition) is 10.